The van der Waals surface area contributed by atoms with E-state index >= 15 is 0 Å². The predicted octanol–water partition coefficient (Wildman–Crippen LogP) is 5.84. The van der Waals surface area contributed by atoms with Gasteiger partial charge in [-0.2, -0.15) is 5.10 Å². The van der Waals surface area contributed by atoms with Crippen LogP contribution in [0.25, 0.3) is 16.8 Å². The van der Waals surface area contributed by atoms with Gasteiger partial charge in [-0.25, -0.2) is 9.48 Å². The maximum Gasteiger partial charge on any atom is 0.323 e. The van der Waals surface area contributed by atoms with Gasteiger partial charge in [0.2, 0.25) is 0 Å². The largest absolute Gasteiger partial charge is 0.323 e. The number of nitrogens with zero attached hydrogens (tertiary/aromatic N) is 2. The van der Waals surface area contributed by atoms with Crippen LogP contribution in [-0.2, 0) is 0 Å². The summed E-state index contributed by atoms with van der Waals surface area (Å²) in [4.78, 5) is 12.4. The van der Waals surface area contributed by atoms with Crippen LogP contribution in [0.4, 0.5) is 16.2 Å². The van der Waals surface area contributed by atoms with Crippen LogP contribution in [0.2, 0.25) is 5.02 Å². The number of aromatic nitrogens is 2. The van der Waals surface area contributed by atoms with Crippen molar-refractivity contribution >= 4 is 29.0 Å². The molecule has 5 nitrogen and oxygen atoms in total. The number of para-hydroxylation sites is 2. The lowest BCUT2D eigenvalue weighted by Gasteiger charge is -2.11. The van der Waals surface area contributed by atoms with E-state index in [2.05, 4.69) is 15.7 Å². The smallest absolute Gasteiger partial charge is 0.308 e. The van der Waals surface area contributed by atoms with E-state index in [1.54, 1.807) is 35.1 Å². The number of urea groups is 1. The molecule has 1 heterocycles. The summed E-state index contributed by atoms with van der Waals surface area (Å²) in [5.74, 6) is 0. The summed E-state index contributed by atoms with van der Waals surface area (Å²) in [6.45, 7) is 0. The zero-order chi connectivity index (χ0) is 19.3. The lowest BCUT2D eigenvalue weighted by atomic mass is 10.1. The van der Waals surface area contributed by atoms with Gasteiger partial charge >= 0.3 is 6.03 Å². The first-order valence-electron chi connectivity index (χ1n) is 8.72. The molecule has 0 fully saturated rings. The number of halogens is 1. The summed E-state index contributed by atoms with van der Waals surface area (Å²) in [5, 5.41) is 10.8. The normalized spacial score (nSPS) is 10.5. The summed E-state index contributed by atoms with van der Waals surface area (Å²) in [6.07, 6.45) is 3.72. The second-order valence-corrected chi connectivity index (χ2v) is 6.58. The molecule has 0 saturated carbocycles. The van der Waals surface area contributed by atoms with E-state index in [1.165, 1.54) is 0 Å². The Balaban J connectivity index is 1.55. The minimum absolute atomic E-state index is 0.328. The Morgan fingerprint density at radius 2 is 1.57 bits per heavy atom. The lowest BCUT2D eigenvalue weighted by molar-refractivity contribution is 0.262. The predicted molar refractivity (Wildman–Crippen MR) is 113 cm³/mol. The number of carbonyl (C=O) groups excluding carboxylic acids is 1. The first-order valence-corrected chi connectivity index (χ1v) is 9.10. The van der Waals surface area contributed by atoms with Gasteiger partial charge in [0.05, 0.1) is 17.6 Å². The highest BCUT2D eigenvalue weighted by Gasteiger charge is 2.11. The zero-order valence-electron chi connectivity index (χ0n) is 14.8. The van der Waals surface area contributed by atoms with Crippen molar-refractivity contribution in [3.8, 4) is 16.8 Å². The molecule has 28 heavy (non-hydrogen) atoms. The Hall–Kier alpha value is -3.57. The van der Waals surface area contributed by atoms with E-state index < -0.39 is 0 Å². The molecule has 4 aromatic rings. The Morgan fingerprint density at radius 1 is 0.857 bits per heavy atom. The first-order chi connectivity index (χ1) is 13.7. The van der Waals surface area contributed by atoms with E-state index in [-0.39, 0.29) is 6.03 Å². The molecule has 2 amide bonds. The van der Waals surface area contributed by atoms with Crippen molar-refractivity contribution in [2.75, 3.05) is 10.6 Å². The molecule has 0 bridgehead atoms. The third-order valence-corrected chi connectivity index (χ3v) is 4.44. The van der Waals surface area contributed by atoms with Gasteiger partial charge in [0, 0.05) is 28.0 Å². The minimum Gasteiger partial charge on any atom is -0.308 e. The van der Waals surface area contributed by atoms with Gasteiger partial charge in [0.15, 0.2) is 0 Å². The van der Waals surface area contributed by atoms with Crippen molar-refractivity contribution in [2.45, 2.75) is 0 Å². The molecule has 0 unspecified atom stereocenters. The van der Waals surface area contributed by atoms with E-state index in [4.69, 9.17) is 11.6 Å². The molecule has 0 aliphatic carbocycles. The summed E-state index contributed by atoms with van der Waals surface area (Å²) in [7, 11) is 0. The van der Waals surface area contributed by atoms with Crippen LogP contribution in [0, 0.1) is 0 Å². The second-order valence-electron chi connectivity index (χ2n) is 6.14. The SMILES string of the molecule is O=C(Nc1ccc(Cl)cc1)Nc1ccccc1-c1cnn(-c2ccccc2)c1. The van der Waals surface area contributed by atoms with Crippen molar-refractivity contribution < 1.29 is 4.79 Å². The van der Waals surface area contributed by atoms with Crippen LogP contribution in [0.1, 0.15) is 0 Å². The lowest BCUT2D eigenvalue weighted by Crippen LogP contribution is -2.19. The minimum atomic E-state index is -0.328. The van der Waals surface area contributed by atoms with Gasteiger partial charge in [-0.15, -0.1) is 0 Å². The van der Waals surface area contributed by atoms with Crippen molar-refractivity contribution in [1.82, 2.24) is 9.78 Å². The molecular weight excluding hydrogens is 372 g/mol. The number of nitrogens with one attached hydrogen (secondary N) is 2. The maximum absolute atomic E-state index is 12.4. The molecule has 0 spiro atoms. The molecule has 0 aliphatic heterocycles. The number of rotatable bonds is 4. The van der Waals surface area contributed by atoms with Gasteiger partial charge in [0.1, 0.15) is 0 Å². The van der Waals surface area contributed by atoms with Crippen LogP contribution < -0.4 is 10.6 Å². The van der Waals surface area contributed by atoms with Crippen molar-refractivity contribution in [3.63, 3.8) is 0 Å². The summed E-state index contributed by atoms with van der Waals surface area (Å²) in [6, 6.07) is 24.1. The Kier molecular flexibility index (Phi) is 5.08. The quantitative estimate of drug-likeness (QED) is 0.461. The fourth-order valence-corrected chi connectivity index (χ4v) is 2.97. The van der Waals surface area contributed by atoms with Crippen molar-refractivity contribution in [2.24, 2.45) is 0 Å². The first kappa shape index (κ1) is 17.8. The van der Waals surface area contributed by atoms with E-state index in [0.29, 0.717) is 16.4 Å². The third-order valence-electron chi connectivity index (χ3n) is 4.19. The van der Waals surface area contributed by atoms with Gasteiger partial charge < -0.3 is 10.6 Å². The van der Waals surface area contributed by atoms with Crippen molar-refractivity contribution in [3.05, 3.63) is 96.3 Å². The number of hydrogen-bond donors (Lipinski definition) is 2. The topological polar surface area (TPSA) is 59.0 Å². The molecule has 1 aromatic heterocycles. The Bertz CT molecular complexity index is 1090. The van der Waals surface area contributed by atoms with E-state index in [1.807, 2.05) is 60.8 Å². The molecule has 3 aromatic carbocycles. The molecule has 6 heteroatoms. The molecule has 0 saturated heterocycles. The fourth-order valence-electron chi connectivity index (χ4n) is 2.85. The molecule has 4 rings (SSSR count). The van der Waals surface area contributed by atoms with Crippen LogP contribution in [0.5, 0.6) is 0 Å². The van der Waals surface area contributed by atoms with Gasteiger partial charge in [-0.3, -0.25) is 0 Å². The maximum atomic E-state index is 12.4. The van der Waals surface area contributed by atoms with Crippen LogP contribution in [-0.4, -0.2) is 15.8 Å². The van der Waals surface area contributed by atoms with Gasteiger partial charge in [0.25, 0.3) is 0 Å². The summed E-state index contributed by atoms with van der Waals surface area (Å²) in [5.41, 5.74) is 4.12. The molecule has 0 radical (unpaired) electrons. The average molecular weight is 389 g/mol. The number of amides is 2. The zero-order valence-corrected chi connectivity index (χ0v) is 15.6. The highest BCUT2D eigenvalue weighted by molar-refractivity contribution is 6.30. The standard InChI is InChI=1S/C22H17ClN4O/c23-17-10-12-18(13-11-17)25-22(28)26-21-9-5-4-8-20(21)16-14-24-27(15-16)19-6-2-1-3-7-19/h1-15H,(H2,25,26,28). The Labute approximate surface area is 167 Å². The van der Waals surface area contributed by atoms with Gasteiger partial charge in [-0.1, -0.05) is 48.0 Å². The number of hydrogen-bond acceptors (Lipinski definition) is 2. The van der Waals surface area contributed by atoms with Crippen LogP contribution in [0.15, 0.2) is 91.3 Å². The monoisotopic (exact) mass is 388 g/mol. The fraction of sp³-hybridized carbons (Fsp3) is 0. The number of benzene rings is 3. The second kappa shape index (κ2) is 7.98. The molecule has 2 N–H and O–H groups in total. The molecule has 138 valence electrons. The highest BCUT2D eigenvalue weighted by atomic mass is 35.5. The highest BCUT2D eigenvalue weighted by Crippen LogP contribution is 2.28. The number of carbonyl (C=O) groups is 1. The van der Waals surface area contributed by atoms with Crippen molar-refractivity contribution in [1.29, 1.82) is 0 Å². The van der Waals surface area contributed by atoms with E-state index in [9.17, 15) is 4.79 Å². The molecule has 0 atom stereocenters. The molecular formula is C22H17ClN4O. The van der Waals surface area contributed by atoms with Gasteiger partial charge in [-0.05, 0) is 42.5 Å². The third kappa shape index (κ3) is 4.05. The van der Waals surface area contributed by atoms with E-state index in [0.717, 1.165) is 16.8 Å². The summed E-state index contributed by atoms with van der Waals surface area (Å²) >= 11 is 5.88. The van der Waals surface area contributed by atoms with Crippen LogP contribution >= 0.6 is 11.6 Å². The number of anilines is 2. The van der Waals surface area contributed by atoms with Crippen LogP contribution in [0.3, 0.4) is 0 Å². The Morgan fingerprint density at radius 3 is 2.36 bits per heavy atom. The molecule has 0 aliphatic rings. The average Bonchev–Trinajstić information content (AvgIpc) is 3.21. The summed E-state index contributed by atoms with van der Waals surface area (Å²) < 4.78 is 1.81.